The molecule has 2 aromatic rings. The number of hydrogen-bond acceptors (Lipinski definition) is 4. The van der Waals surface area contributed by atoms with Gasteiger partial charge in [0.25, 0.3) is 0 Å². The lowest BCUT2D eigenvalue weighted by molar-refractivity contribution is -0.119. The number of carbonyl (C=O) groups is 1. The third-order valence-corrected chi connectivity index (χ3v) is 3.20. The number of fused-ring (bicyclic) bond motifs is 1. The van der Waals surface area contributed by atoms with Gasteiger partial charge in [-0.1, -0.05) is 24.3 Å². The lowest BCUT2D eigenvalue weighted by Crippen LogP contribution is -2.43. The Morgan fingerprint density at radius 3 is 3.00 bits per heavy atom. The Labute approximate surface area is 105 Å². The Bertz CT molecular complexity index is 593. The highest BCUT2D eigenvalue weighted by Crippen LogP contribution is 2.25. The van der Waals surface area contributed by atoms with Crippen LogP contribution in [0.2, 0.25) is 0 Å². The largest absolute Gasteiger partial charge is 0.368 e. The summed E-state index contributed by atoms with van der Waals surface area (Å²) in [6.45, 7) is 0.731. The number of amides is 1. The third kappa shape index (κ3) is 1.78. The van der Waals surface area contributed by atoms with Crippen molar-refractivity contribution in [3.8, 4) is 0 Å². The minimum absolute atomic E-state index is 0.300. The number of rotatable bonds is 2. The molecular weight excluding hydrogens is 228 g/mol. The molecule has 0 aliphatic carbocycles. The van der Waals surface area contributed by atoms with Crippen LogP contribution in [0.4, 0.5) is 5.82 Å². The zero-order valence-electron chi connectivity index (χ0n) is 9.84. The van der Waals surface area contributed by atoms with Crippen LogP contribution in [0.3, 0.4) is 0 Å². The lowest BCUT2D eigenvalue weighted by Gasteiger charge is -2.19. The quantitative estimate of drug-likeness (QED) is 0.817. The molecule has 1 amide bonds. The summed E-state index contributed by atoms with van der Waals surface area (Å²) < 4.78 is 0. The molecule has 1 fully saturated rings. The van der Waals surface area contributed by atoms with Gasteiger partial charge in [-0.15, -0.1) is 0 Å². The van der Waals surface area contributed by atoms with Crippen LogP contribution in [0.5, 0.6) is 0 Å². The second-order valence-electron chi connectivity index (χ2n) is 4.38. The van der Waals surface area contributed by atoms with Gasteiger partial charge in [0.1, 0.15) is 6.04 Å². The number of benzene rings is 1. The maximum atomic E-state index is 11.2. The summed E-state index contributed by atoms with van der Waals surface area (Å²) in [6.07, 6.45) is 2.48. The van der Waals surface area contributed by atoms with E-state index in [1.54, 1.807) is 6.20 Å². The van der Waals surface area contributed by atoms with Crippen molar-refractivity contribution >= 4 is 22.5 Å². The van der Waals surface area contributed by atoms with E-state index in [1.807, 2.05) is 35.3 Å². The van der Waals surface area contributed by atoms with E-state index in [0.717, 1.165) is 23.1 Å². The molecule has 92 valence electrons. The Morgan fingerprint density at radius 2 is 2.22 bits per heavy atom. The van der Waals surface area contributed by atoms with Crippen molar-refractivity contribution < 1.29 is 4.79 Å². The number of primary amides is 1. The zero-order chi connectivity index (χ0) is 12.5. The fourth-order valence-corrected chi connectivity index (χ4v) is 2.27. The van der Waals surface area contributed by atoms with E-state index >= 15 is 0 Å². The molecule has 1 aliphatic rings. The molecule has 3 N–H and O–H groups in total. The fraction of sp³-hybridized carbons (Fsp3) is 0.231. The molecule has 0 radical (unpaired) electrons. The van der Waals surface area contributed by atoms with E-state index < -0.39 is 0 Å². The van der Waals surface area contributed by atoms with Crippen LogP contribution in [-0.2, 0) is 4.79 Å². The fourth-order valence-electron chi connectivity index (χ4n) is 2.27. The van der Waals surface area contributed by atoms with Gasteiger partial charge in [-0.05, 0) is 17.9 Å². The van der Waals surface area contributed by atoms with Crippen LogP contribution < -0.4 is 16.2 Å². The zero-order valence-corrected chi connectivity index (χ0v) is 9.84. The van der Waals surface area contributed by atoms with E-state index in [2.05, 4.69) is 10.4 Å². The monoisotopic (exact) mass is 242 g/mol. The first-order valence-corrected chi connectivity index (χ1v) is 5.92. The lowest BCUT2D eigenvalue weighted by atomic mass is 10.1. The Balaban J connectivity index is 1.98. The summed E-state index contributed by atoms with van der Waals surface area (Å²) in [5, 5.41) is 4.10. The van der Waals surface area contributed by atoms with E-state index in [9.17, 15) is 4.79 Å². The standard InChI is InChI=1S/C13H14N4O/c14-12(18)11-6-8-17(16-11)13-10-4-2-1-3-9(10)5-7-15-13/h1-5,7,11,16H,6,8H2,(H2,14,18). The summed E-state index contributed by atoms with van der Waals surface area (Å²) in [4.78, 5) is 15.5. The smallest absolute Gasteiger partial charge is 0.236 e. The first-order chi connectivity index (χ1) is 8.75. The molecule has 5 nitrogen and oxygen atoms in total. The minimum Gasteiger partial charge on any atom is -0.368 e. The second kappa shape index (κ2) is 4.27. The van der Waals surface area contributed by atoms with Gasteiger partial charge in [-0.25, -0.2) is 10.4 Å². The van der Waals surface area contributed by atoms with Crippen molar-refractivity contribution in [2.75, 3.05) is 11.6 Å². The summed E-state index contributed by atoms with van der Waals surface area (Å²) in [5.41, 5.74) is 8.40. The maximum absolute atomic E-state index is 11.2. The van der Waals surface area contributed by atoms with Gasteiger partial charge >= 0.3 is 0 Å². The van der Waals surface area contributed by atoms with Gasteiger partial charge in [-0.3, -0.25) is 9.80 Å². The molecule has 5 heteroatoms. The number of anilines is 1. The maximum Gasteiger partial charge on any atom is 0.236 e. The Kier molecular flexibility index (Phi) is 2.60. The highest BCUT2D eigenvalue weighted by Gasteiger charge is 2.27. The highest BCUT2D eigenvalue weighted by molar-refractivity contribution is 5.92. The van der Waals surface area contributed by atoms with E-state index in [4.69, 9.17) is 5.73 Å². The van der Waals surface area contributed by atoms with Crippen LogP contribution in [0.15, 0.2) is 36.5 Å². The number of hydrogen-bond donors (Lipinski definition) is 2. The molecule has 0 bridgehead atoms. The number of hydrazine groups is 1. The van der Waals surface area contributed by atoms with Crippen LogP contribution in [0, 0.1) is 0 Å². The SMILES string of the molecule is NC(=O)C1CCN(c2nccc3ccccc23)N1. The summed E-state index contributed by atoms with van der Waals surface area (Å²) in [6, 6.07) is 9.72. The number of nitrogens with zero attached hydrogens (tertiary/aromatic N) is 2. The average molecular weight is 242 g/mol. The molecule has 18 heavy (non-hydrogen) atoms. The van der Waals surface area contributed by atoms with Crippen LogP contribution in [-0.4, -0.2) is 23.5 Å². The van der Waals surface area contributed by atoms with Crippen molar-refractivity contribution in [1.29, 1.82) is 0 Å². The molecule has 1 saturated heterocycles. The molecule has 1 aromatic heterocycles. The number of nitrogens with two attached hydrogens (primary N) is 1. The van der Waals surface area contributed by atoms with Gasteiger partial charge in [0.2, 0.25) is 5.91 Å². The summed E-state index contributed by atoms with van der Waals surface area (Å²) >= 11 is 0. The molecule has 1 atom stereocenters. The van der Waals surface area contributed by atoms with Gasteiger partial charge in [0, 0.05) is 18.1 Å². The van der Waals surface area contributed by atoms with Gasteiger partial charge in [-0.2, -0.15) is 0 Å². The number of pyridine rings is 1. The minimum atomic E-state index is -0.322. The predicted octanol–water partition coefficient (Wildman–Crippen LogP) is 0.803. The number of nitrogens with one attached hydrogen (secondary N) is 1. The van der Waals surface area contributed by atoms with Crippen molar-refractivity contribution in [2.45, 2.75) is 12.5 Å². The summed E-state index contributed by atoms with van der Waals surface area (Å²) in [7, 11) is 0. The summed E-state index contributed by atoms with van der Waals surface area (Å²) in [5.74, 6) is 0.523. The number of aromatic nitrogens is 1. The van der Waals surface area contributed by atoms with Crippen LogP contribution >= 0.6 is 0 Å². The number of carbonyl (C=O) groups excluding carboxylic acids is 1. The van der Waals surface area contributed by atoms with Crippen molar-refractivity contribution in [3.63, 3.8) is 0 Å². The first kappa shape index (κ1) is 11.0. The molecule has 2 heterocycles. The van der Waals surface area contributed by atoms with Crippen molar-refractivity contribution in [1.82, 2.24) is 10.4 Å². The predicted molar refractivity (Wildman–Crippen MR) is 69.8 cm³/mol. The van der Waals surface area contributed by atoms with Gasteiger partial charge in [0.15, 0.2) is 5.82 Å². The molecule has 1 aromatic carbocycles. The highest BCUT2D eigenvalue weighted by atomic mass is 16.1. The Hall–Kier alpha value is -2.14. The molecular formula is C13H14N4O. The third-order valence-electron chi connectivity index (χ3n) is 3.20. The Morgan fingerprint density at radius 1 is 1.39 bits per heavy atom. The van der Waals surface area contributed by atoms with E-state index in [0.29, 0.717) is 6.42 Å². The van der Waals surface area contributed by atoms with Crippen molar-refractivity contribution in [3.05, 3.63) is 36.5 Å². The van der Waals surface area contributed by atoms with E-state index in [-0.39, 0.29) is 11.9 Å². The normalized spacial score (nSPS) is 19.3. The van der Waals surface area contributed by atoms with Crippen LogP contribution in [0.1, 0.15) is 6.42 Å². The molecule has 1 unspecified atom stereocenters. The van der Waals surface area contributed by atoms with Crippen LogP contribution in [0.25, 0.3) is 10.8 Å². The average Bonchev–Trinajstić information content (AvgIpc) is 2.87. The molecule has 0 spiro atoms. The van der Waals surface area contributed by atoms with Gasteiger partial charge < -0.3 is 5.73 Å². The second-order valence-corrected chi connectivity index (χ2v) is 4.38. The molecule has 0 saturated carbocycles. The van der Waals surface area contributed by atoms with E-state index in [1.165, 1.54) is 0 Å². The van der Waals surface area contributed by atoms with Crippen molar-refractivity contribution in [2.24, 2.45) is 5.73 Å². The topological polar surface area (TPSA) is 71.2 Å². The molecule has 1 aliphatic heterocycles. The molecule has 3 rings (SSSR count). The van der Waals surface area contributed by atoms with Gasteiger partial charge in [0.05, 0.1) is 0 Å². The first-order valence-electron chi connectivity index (χ1n) is 5.92.